The second kappa shape index (κ2) is 12.2. The van der Waals surface area contributed by atoms with Crippen LogP contribution in [0.3, 0.4) is 0 Å². The van der Waals surface area contributed by atoms with Crippen molar-refractivity contribution in [2.24, 2.45) is 0 Å². The zero-order chi connectivity index (χ0) is 31.7. The highest BCUT2D eigenvalue weighted by molar-refractivity contribution is 6.07. The van der Waals surface area contributed by atoms with Gasteiger partial charge < -0.3 is 30.1 Å². The van der Waals surface area contributed by atoms with E-state index in [-0.39, 0.29) is 43.0 Å². The monoisotopic (exact) mass is 610 g/mol. The van der Waals surface area contributed by atoms with Crippen LogP contribution in [0.15, 0.2) is 66.9 Å². The number of aromatic amines is 1. The molecule has 0 unspecified atom stereocenters. The van der Waals surface area contributed by atoms with Gasteiger partial charge in [-0.25, -0.2) is 14.2 Å². The van der Waals surface area contributed by atoms with Crippen LogP contribution in [-0.2, 0) is 17.6 Å². The number of carbonyl (C=O) groups excluding carboxylic acids is 3. The van der Waals surface area contributed by atoms with Gasteiger partial charge in [0.05, 0.1) is 17.7 Å². The summed E-state index contributed by atoms with van der Waals surface area (Å²) in [7, 11) is 1.75. The van der Waals surface area contributed by atoms with E-state index in [0.29, 0.717) is 70.9 Å². The number of nitrogens with zero attached hydrogens (tertiary/aromatic N) is 4. The maximum absolute atomic E-state index is 13.8. The Kier molecular flexibility index (Phi) is 8.03. The van der Waals surface area contributed by atoms with Crippen molar-refractivity contribution in [3.63, 3.8) is 0 Å². The lowest BCUT2D eigenvalue weighted by atomic mass is 9.94. The van der Waals surface area contributed by atoms with Crippen molar-refractivity contribution in [3.05, 3.63) is 95.1 Å². The number of anilines is 1. The fourth-order valence-corrected chi connectivity index (χ4v) is 5.74. The van der Waals surface area contributed by atoms with Crippen LogP contribution in [0.25, 0.3) is 22.4 Å². The van der Waals surface area contributed by atoms with Gasteiger partial charge in [0.15, 0.2) is 0 Å². The Morgan fingerprint density at radius 2 is 1.60 bits per heavy atom. The first-order valence-corrected chi connectivity index (χ1v) is 14.6. The van der Waals surface area contributed by atoms with Crippen molar-refractivity contribution in [3.8, 4) is 22.4 Å². The fourth-order valence-electron chi connectivity index (χ4n) is 5.74. The minimum Gasteiger partial charge on any atom is -0.465 e. The molecular formula is C33H31FN6O5. The molecule has 2 aliphatic rings. The molecule has 0 spiro atoms. The number of nitrogens with one attached hydrogen (secondary N) is 2. The van der Waals surface area contributed by atoms with Crippen LogP contribution in [0.1, 0.15) is 32.0 Å². The predicted molar refractivity (Wildman–Crippen MR) is 164 cm³/mol. The average Bonchev–Trinajstić information content (AvgIpc) is 3.44. The van der Waals surface area contributed by atoms with Gasteiger partial charge in [0.25, 0.3) is 11.8 Å². The van der Waals surface area contributed by atoms with Crippen molar-refractivity contribution in [2.45, 2.75) is 12.8 Å². The van der Waals surface area contributed by atoms with Crippen molar-refractivity contribution >= 4 is 29.6 Å². The first-order valence-electron chi connectivity index (χ1n) is 14.6. The highest BCUT2D eigenvalue weighted by atomic mass is 19.1. The van der Waals surface area contributed by atoms with Crippen molar-refractivity contribution in [2.75, 3.05) is 45.1 Å². The normalized spacial score (nSPS) is 14.7. The SMILES string of the molecule is CN1CCc2[nH]c(-c3ccnc(NC(=O)Cc4ccc(C(=O)N5CCN(C(=O)O)CC5)cc4)c3)c(-c3ccc(F)cc3)c2C1=O. The first-order chi connectivity index (χ1) is 21.7. The number of carbonyl (C=O) groups is 4. The molecule has 2 aliphatic heterocycles. The van der Waals surface area contributed by atoms with Gasteiger partial charge in [-0.3, -0.25) is 14.4 Å². The Balaban J connectivity index is 1.17. The number of carboxylic acid groups (broad SMARTS) is 1. The summed E-state index contributed by atoms with van der Waals surface area (Å²) in [5.74, 6) is -0.652. The summed E-state index contributed by atoms with van der Waals surface area (Å²) in [6, 6.07) is 16.3. The molecule has 4 amide bonds. The number of hydrogen-bond donors (Lipinski definition) is 3. The number of H-pyrrole nitrogens is 1. The number of piperazine rings is 1. The second-order valence-corrected chi connectivity index (χ2v) is 11.1. The van der Waals surface area contributed by atoms with Gasteiger partial charge in [-0.05, 0) is 47.5 Å². The van der Waals surface area contributed by atoms with E-state index < -0.39 is 6.09 Å². The summed E-state index contributed by atoms with van der Waals surface area (Å²) in [6.45, 7) is 1.76. The Morgan fingerprint density at radius 1 is 0.911 bits per heavy atom. The van der Waals surface area contributed by atoms with Crippen LogP contribution in [0, 0.1) is 5.82 Å². The third-order valence-corrected chi connectivity index (χ3v) is 8.19. The fraction of sp³-hybridized carbons (Fsp3) is 0.242. The molecule has 1 fully saturated rings. The maximum Gasteiger partial charge on any atom is 0.407 e. The van der Waals surface area contributed by atoms with E-state index in [1.165, 1.54) is 17.0 Å². The third kappa shape index (κ3) is 6.12. The number of halogens is 1. The molecule has 3 N–H and O–H groups in total. The number of pyridine rings is 1. The summed E-state index contributed by atoms with van der Waals surface area (Å²) >= 11 is 0. The lowest BCUT2D eigenvalue weighted by Gasteiger charge is -2.33. The van der Waals surface area contributed by atoms with Crippen LogP contribution < -0.4 is 5.32 Å². The second-order valence-electron chi connectivity index (χ2n) is 11.1. The van der Waals surface area contributed by atoms with E-state index >= 15 is 0 Å². The lowest BCUT2D eigenvalue weighted by molar-refractivity contribution is -0.115. The van der Waals surface area contributed by atoms with Gasteiger partial charge in [-0.15, -0.1) is 0 Å². The van der Waals surface area contributed by atoms with Crippen LogP contribution in [0.2, 0.25) is 0 Å². The minimum atomic E-state index is -0.992. The number of rotatable bonds is 6. The van der Waals surface area contributed by atoms with Gasteiger partial charge >= 0.3 is 6.09 Å². The van der Waals surface area contributed by atoms with E-state index in [2.05, 4.69) is 15.3 Å². The number of amides is 4. The maximum atomic E-state index is 13.8. The molecule has 0 bridgehead atoms. The quantitative estimate of drug-likeness (QED) is 0.300. The molecule has 0 atom stereocenters. The number of fused-ring (bicyclic) bond motifs is 1. The summed E-state index contributed by atoms with van der Waals surface area (Å²) in [6.07, 6.45) is 1.28. The van der Waals surface area contributed by atoms with E-state index in [9.17, 15) is 23.6 Å². The van der Waals surface area contributed by atoms with Crippen LogP contribution in [0.4, 0.5) is 15.0 Å². The molecular weight excluding hydrogens is 579 g/mol. The topological polar surface area (TPSA) is 139 Å². The molecule has 0 aliphatic carbocycles. The molecule has 4 heterocycles. The number of benzene rings is 2. The molecule has 4 aromatic rings. The average molecular weight is 611 g/mol. The number of hydrogen-bond acceptors (Lipinski definition) is 5. The molecule has 1 saturated heterocycles. The standard InChI is InChI=1S/C33H31FN6O5/c1-38-13-11-25-29(32(38)43)28(21-6-8-24(34)9-7-21)30(36-25)23-10-12-35-26(19-23)37-27(41)18-20-2-4-22(5-3-20)31(42)39-14-16-40(17-15-39)33(44)45/h2-10,12,19,36H,11,13-18H2,1H3,(H,44,45)(H,35,37,41). The van der Waals surface area contributed by atoms with Gasteiger partial charge in [-0.2, -0.15) is 0 Å². The van der Waals surface area contributed by atoms with Gasteiger partial charge in [0, 0.05) is 74.8 Å². The van der Waals surface area contributed by atoms with E-state index in [1.807, 2.05) is 0 Å². The van der Waals surface area contributed by atoms with Crippen molar-refractivity contribution in [1.82, 2.24) is 24.7 Å². The summed E-state index contributed by atoms with van der Waals surface area (Å²) in [5, 5.41) is 11.9. The zero-order valence-electron chi connectivity index (χ0n) is 24.5. The minimum absolute atomic E-state index is 0.0517. The lowest BCUT2D eigenvalue weighted by Crippen LogP contribution is -2.50. The first kappa shape index (κ1) is 29.5. The molecule has 11 nitrogen and oxygen atoms in total. The van der Waals surface area contributed by atoms with E-state index in [0.717, 1.165) is 5.69 Å². The van der Waals surface area contributed by atoms with Crippen LogP contribution in [0.5, 0.6) is 0 Å². The molecule has 2 aromatic heterocycles. The molecule has 45 heavy (non-hydrogen) atoms. The third-order valence-electron chi connectivity index (χ3n) is 8.19. The molecule has 0 saturated carbocycles. The van der Waals surface area contributed by atoms with Crippen molar-refractivity contribution < 1.29 is 28.7 Å². The predicted octanol–water partition coefficient (Wildman–Crippen LogP) is 4.13. The van der Waals surface area contributed by atoms with E-state index in [4.69, 9.17) is 5.11 Å². The van der Waals surface area contributed by atoms with E-state index in [1.54, 1.807) is 71.6 Å². The van der Waals surface area contributed by atoms with Crippen molar-refractivity contribution in [1.29, 1.82) is 0 Å². The Hall–Kier alpha value is -5.52. The molecule has 230 valence electrons. The largest absolute Gasteiger partial charge is 0.465 e. The van der Waals surface area contributed by atoms with Crippen LogP contribution >= 0.6 is 0 Å². The Labute approximate surface area is 258 Å². The summed E-state index contributed by atoms with van der Waals surface area (Å²) in [4.78, 5) is 62.4. The Bertz CT molecular complexity index is 1780. The smallest absolute Gasteiger partial charge is 0.407 e. The summed E-state index contributed by atoms with van der Waals surface area (Å²) < 4.78 is 13.8. The molecule has 0 radical (unpaired) electrons. The molecule has 6 rings (SSSR count). The molecule has 12 heteroatoms. The van der Waals surface area contributed by atoms with Gasteiger partial charge in [-0.1, -0.05) is 24.3 Å². The summed E-state index contributed by atoms with van der Waals surface area (Å²) in [5.41, 5.74) is 5.27. The number of likely N-dealkylation sites (N-methyl/N-ethyl adjacent to an activating group) is 1. The van der Waals surface area contributed by atoms with Gasteiger partial charge in [0.2, 0.25) is 5.91 Å². The Morgan fingerprint density at radius 3 is 2.29 bits per heavy atom. The molecule has 2 aromatic carbocycles. The number of aromatic nitrogens is 2. The van der Waals surface area contributed by atoms with Crippen LogP contribution in [-0.4, -0.2) is 93.4 Å². The zero-order valence-corrected chi connectivity index (χ0v) is 24.5. The van der Waals surface area contributed by atoms with Gasteiger partial charge in [0.1, 0.15) is 11.6 Å². The highest BCUT2D eigenvalue weighted by Gasteiger charge is 2.30. The highest BCUT2D eigenvalue weighted by Crippen LogP contribution is 2.39.